The lowest BCUT2D eigenvalue weighted by Crippen LogP contribution is -2.45. The molecule has 0 heterocycles. The van der Waals surface area contributed by atoms with Crippen LogP contribution in [0.5, 0.6) is 0 Å². The van der Waals surface area contributed by atoms with Crippen molar-refractivity contribution >= 4 is 12.0 Å². The van der Waals surface area contributed by atoms with Crippen LogP contribution in [0.15, 0.2) is 0 Å². The van der Waals surface area contributed by atoms with Crippen molar-refractivity contribution in [2.45, 2.75) is 26.3 Å². The molecule has 2 amide bonds. The average Bonchev–Trinajstić information content (AvgIpc) is 2.00. The Morgan fingerprint density at radius 3 is 2.33 bits per heavy atom. The Labute approximate surface area is 71.1 Å². The highest BCUT2D eigenvalue weighted by Gasteiger charge is 2.16. The van der Waals surface area contributed by atoms with Gasteiger partial charge in [-0.25, -0.2) is 9.59 Å². The molecule has 3 N–H and O–H groups in total. The molecule has 0 aromatic rings. The smallest absolute Gasteiger partial charge is 0.326 e. The van der Waals surface area contributed by atoms with Gasteiger partial charge in [0.15, 0.2) is 0 Å². The van der Waals surface area contributed by atoms with Crippen molar-refractivity contribution in [3.63, 3.8) is 0 Å². The highest BCUT2D eigenvalue weighted by Crippen LogP contribution is 1.89. The molecule has 70 valence electrons. The van der Waals surface area contributed by atoms with E-state index < -0.39 is 18.0 Å². The predicted octanol–water partition coefficient (Wildman–Crippen LogP) is 0.169. The van der Waals surface area contributed by atoms with Crippen LogP contribution < -0.4 is 10.6 Å². The van der Waals surface area contributed by atoms with Gasteiger partial charge in [-0.2, -0.15) is 0 Å². The molecule has 0 saturated carbocycles. The van der Waals surface area contributed by atoms with Gasteiger partial charge in [-0.05, 0) is 13.3 Å². The summed E-state index contributed by atoms with van der Waals surface area (Å²) in [6.07, 6.45) is 0.381. The second-order valence-electron chi connectivity index (χ2n) is 2.30. The molecule has 0 aromatic heterocycles. The zero-order valence-corrected chi connectivity index (χ0v) is 7.26. The Balaban J connectivity index is 3.85. The molecule has 0 spiro atoms. The van der Waals surface area contributed by atoms with Gasteiger partial charge in [0.1, 0.15) is 6.04 Å². The standard InChI is InChI=1S/C7H14N2O3/c1-3-5(6(10)11)9-7(12)8-4-2/h5H,3-4H2,1-2H3,(H,10,11)(H2,8,9,12)/t5-/m1/s1. The summed E-state index contributed by atoms with van der Waals surface area (Å²) in [7, 11) is 0. The van der Waals surface area contributed by atoms with E-state index in [0.29, 0.717) is 13.0 Å². The van der Waals surface area contributed by atoms with Crippen molar-refractivity contribution in [2.75, 3.05) is 6.54 Å². The highest BCUT2D eigenvalue weighted by molar-refractivity contribution is 5.82. The minimum Gasteiger partial charge on any atom is -0.480 e. The number of hydrogen-bond acceptors (Lipinski definition) is 2. The normalized spacial score (nSPS) is 11.8. The van der Waals surface area contributed by atoms with Crippen LogP contribution in [0.25, 0.3) is 0 Å². The number of carboxylic acids is 1. The molecule has 12 heavy (non-hydrogen) atoms. The van der Waals surface area contributed by atoms with Crippen molar-refractivity contribution in [2.24, 2.45) is 0 Å². The van der Waals surface area contributed by atoms with Gasteiger partial charge in [-0.3, -0.25) is 0 Å². The second-order valence-corrected chi connectivity index (χ2v) is 2.30. The van der Waals surface area contributed by atoms with Gasteiger partial charge in [0.05, 0.1) is 0 Å². The summed E-state index contributed by atoms with van der Waals surface area (Å²) in [5.41, 5.74) is 0. The van der Waals surface area contributed by atoms with E-state index in [-0.39, 0.29) is 0 Å². The van der Waals surface area contributed by atoms with Gasteiger partial charge >= 0.3 is 12.0 Å². The first kappa shape index (κ1) is 10.7. The van der Waals surface area contributed by atoms with E-state index in [0.717, 1.165) is 0 Å². The van der Waals surface area contributed by atoms with E-state index in [2.05, 4.69) is 10.6 Å². The maximum atomic E-state index is 10.8. The maximum Gasteiger partial charge on any atom is 0.326 e. The number of nitrogens with one attached hydrogen (secondary N) is 2. The number of urea groups is 1. The molecule has 1 atom stereocenters. The van der Waals surface area contributed by atoms with Crippen LogP contribution in [0.2, 0.25) is 0 Å². The Kier molecular flexibility index (Phi) is 4.83. The molecule has 5 heteroatoms. The summed E-state index contributed by atoms with van der Waals surface area (Å²) in [6.45, 7) is 3.95. The van der Waals surface area contributed by atoms with E-state index >= 15 is 0 Å². The molecule has 0 bridgehead atoms. The fraction of sp³-hybridized carbons (Fsp3) is 0.714. The number of rotatable bonds is 4. The fourth-order valence-corrected chi connectivity index (χ4v) is 0.708. The first-order valence-electron chi connectivity index (χ1n) is 3.89. The van der Waals surface area contributed by atoms with Gasteiger partial charge < -0.3 is 15.7 Å². The molecule has 0 rings (SSSR count). The van der Waals surface area contributed by atoms with Gasteiger partial charge in [0.2, 0.25) is 0 Å². The summed E-state index contributed by atoms with van der Waals surface area (Å²) < 4.78 is 0. The first-order chi connectivity index (χ1) is 5.61. The van der Waals surface area contributed by atoms with Crippen LogP contribution in [0, 0.1) is 0 Å². The summed E-state index contributed by atoms with van der Waals surface area (Å²) >= 11 is 0. The van der Waals surface area contributed by atoms with E-state index in [1.165, 1.54) is 0 Å². The molecule has 0 fully saturated rings. The third-order valence-electron chi connectivity index (χ3n) is 1.35. The molecule has 0 radical (unpaired) electrons. The van der Waals surface area contributed by atoms with Crippen LogP contribution in [0.3, 0.4) is 0 Å². The van der Waals surface area contributed by atoms with Crippen molar-refractivity contribution in [3.8, 4) is 0 Å². The van der Waals surface area contributed by atoms with Gasteiger partial charge in [0, 0.05) is 6.54 Å². The molecular weight excluding hydrogens is 160 g/mol. The van der Waals surface area contributed by atoms with Crippen molar-refractivity contribution < 1.29 is 14.7 Å². The summed E-state index contributed by atoms with van der Waals surface area (Å²) in [5, 5.41) is 13.3. The lowest BCUT2D eigenvalue weighted by molar-refractivity contribution is -0.139. The van der Waals surface area contributed by atoms with E-state index in [9.17, 15) is 9.59 Å². The highest BCUT2D eigenvalue weighted by atomic mass is 16.4. The number of amides is 2. The number of carbonyl (C=O) groups excluding carboxylic acids is 1. The minimum atomic E-state index is -1.01. The van der Waals surface area contributed by atoms with Crippen LogP contribution >= 0.6 is 0 Å². The number of carboxylic acid groups (broad SMARTS) is 1. The summed E-state index contributed by atoms with van der Waals surface area (Å²) in [4.78, 5) is 21.3. The lowest BCUT2D eigenvalue weighted by atomic mass is 10.2. The van der Waals surface area contributed by atoms with Crippen LogP contribution in [-0.4, -0.2) is 29.7 Å². The fourth-order valence-electron chi connectivity index (χ4n) is 0.708. The molecule has 0 unspecified atom stereocenters. The summed E-state index contributed by atoms with van der Waals surface area (Å²) in [5.74, 6) is -1.01. The molecule has 0 aliphatic rings. The maximum absolute atomic E-state index is 10.8. The Hall–Kier alpha value is -1.26. The third kappa shape index (κ3) is 3.80. The van der Waals surface area contributed by atoms with Crippen molar-refractivity contribution in [3.05, 3.63) is 0 Å². The largest absolute Gasteiger partial charge is 0.480 e. The molecular formula is C7H14N2O3. The van der Waals surface area contributed by atoms with Crippen molar-refractivity contribution in [1.29, 1.82) is 0 Å². The predicted molar refractivity (Wildman–Crippen MR) is 43.9 cm³/mol. The number of carbonyl (C=O) groups is 2. The molecule has 0 saturated heterocycles. The molecule has 0 aliphatic carbocycles. The third-order valence-corrected chi connectivity index (χ3v) is 1.35. The minimum absolute atomic E-state index is 0.381. The zero-order chi connectivity index (χ0) is 9.56. The van der Waals surface area contributed by atoms with E-state index in [4.69, 9.17) is 5.11 Å². The quantitative estimate of drug-likeness (QED) is 0.568. The van der Waals surface area contributed by atoms with Gasteiger partial charge in [-0.1, -0.05) is 6.92 Å². The Morgan fingerprint density at radius 2 is 2.00 bits per heavy atom. The first-order valence-corrected chi connectivity index (χ1v) is 3.89. The Bertz CT molecular complexity index is 170. The van der Waals surface area contributed by atoms with E-state index in [1.54, 1.807) is 13.8 Å². The van der Waals surface area contributed by atoms with Crippen LogP contribution in [-0.2, 0) is 4.79 Å². The van der Waals surface area contributed by atoms with Crippen molar-refractivity contribution in [1.82, 2.24) is 10.6 Å². The summed E-state index contributed by atoms with van der Waals surface area (Å²) in [6, 6.07) is -1.23. The Morgan fingerprint density at radius 1 is 1.42 bits per heavy atom. The second kappa shape index (κ2) is 5.40. The van der Waals surface area contributed by atoms with Crippen LogP contribution in [0.4, 0.5) is 4.79 Å². The number of aliphatic carboxylic acids is 1. The molecule has 5 nitrogen and oxygen atoms in total. The zero-order valence-electron chi connectivity index (χ0n) is 7.26. The van der Waals surface area contributed by atoms with Crippen LogP contribution in [0.1, 0.15) is 20.3 Å². The molecule has 0 aromatic carbocycles. The molecule has 0 aliphatic heterocycles. The average molecular weight is 174 g/mol. The lowest BCUT2D eigenvalue weighted by Gasteiger charge is -2.11. The SMILES string of the molecule is CCNC(=O)N[C@H](CC)C(=O)O. The van der Waals surface area contributed by atoms with Gasteiger partial charge in [0.25, 0.3) is 0 Å². The number of hydrogen-bond donors (Lipinski definition) is 3. The van der Waals surface area contributed by atoms with Gasteiger partial charge in [-0.15, -0.1) is 0 Å². The topological polar surface area (TPSA) is 78.4 Å². The van der Waals surface area contributed by atoms with E-state index in [1.807, 2.05) is 0 Å². The monoisotopic (exact) mass is 174 g/mol.